The maximum atomic E-state index is 16.8. The molecule has 45 heavy (non-hydrogen) atoms. The van der Waals surface area contributed by atoms with E-state index in [0.29, 0.717) is 36.5 Å². The van der Waals surface area contributed by atoms with E-state index in [1.807, 2.05) is 29.2 Å². The molecule has 0 unspecified atom stereocenters. The van der Waals surface area contributed by atoms with Gasteiger partial charge in [0.05, 0.1) is 5.02 Å². The lowest BCUT2D eigenvalue weighted by atomic mass is 9.96. The first kappa shape index (κ1) is 29.5. The van der Waals surface area contributed by atoms with Crippen molar-refractivity contribution in [2.75, 3.05) is 38.2 Å². The molecule has 4 aromatic rings. The predicted molar refractivity (Wildman–Crippen MR) is 170 cm³/mol. The van der Waals surface area contributed by atoms with Crippen molar-refractivity contribution in [3.8, 4) is 22.9 Å². The number of likely N-dealkylation sites (tertiary alicyclic amines) is 1. The van der Waals surface area contributed by atoms with E-state index in [9.17, 15) is 14.7 Å². The lowest BCUT2D eigenvalue weighted by molar-refractivity contribution is -0.137. The summed E-state index contributed by atoms with van der Waals surface area (Å²) >= 11 is 6.86. The fraction of sp³-hybridized carbons (Fsp3) is 0.394. The molecule has 3 N–H and O–H groups in total. The zero-order chi connectivity index (χ0) is 31.4. The average molecular weight is 633 g/mol. The van der Waals surface area contributed by atoms with Gasteiger partial charge in [-0.25, -0.2) is 4.39 Å². The molecular weight excluding hydrogens is 599 g/mol. The van der Waals surface area contributed by atoms with Gasteiger partial charge in [-0.1, -0.05) is 35.9 Å². The zero-order valence-electron chi connectivity index (χ0n) is 24.9. The Morgan fingerprint density at radius 3 is 2.56 bits per heavy atom. The minimum absolute atomic E-state index is 0.00780. The van der Waals surface area contributed by atoms with Crippen molar-refractivity contribution in [1.82, 2.24) is 19.8 Å². The summed E-state index contributed by atoms with van der Waals surface area (Å²) in [5.74, 6) is -1.10. The summed E-state index contributed by atoms with van der Waals surface area (Å²) in [6.45, 7) is 2.22. The maximum Gasteiger partial charge on any atom is 0.319 e. The molecule has 0 radical (unpaired) electrons. The number of amides is 2. The summed E-state index contributed by atoms with van der Waals surface area (Å²) in [6, 6.07) is 12.2. The van der Waals surface area contributed by atoms with E-state index in [-0.39, 0.29) is 58.3 Å². The van der Waals surface area contributed by atoms with Gasteiger partial charge in [0.15, 0.2) is 5.82 Å². The highest BCUT2D eigenvalue weighted by molar-refractivity contribution is 6.35. The summed E-state index contributed by atoms with van der Waals surface area (Å²) in [7, 11) is 2.05. The number of anilines is 1. The molecule has 3 aliphatic rings. The Labute approximate surface area is 264 Å². The number of hydrogen-bond acceptors (Lipinski definition) is 8. The molecule has 0 aliphatic carbocycles. The third kappa shape index (κ3) is 5.37. The van der Waals surface area contributed by atoms with Crippen LogP contribution in [0, 0.1) is 5.82 Å². The van der Waals surface area contributed by atoms with Crippen LogP contribution in [0.5, 0.6) is 11.8 Å². The van der Waals surface area contributed by atoms with Gasteiger partial charge in [0.2, 0.25) is 11.8 Å². The molecule has 0 saturated carbocycles. The van der Waals surface area contributed by atoms with E-state index in [0.717, 1.165) is 43.0 Å². The number of benzene rings is 3. The van der Waals surface area contributed by atoms with Crippen molar-refractivity contribution >= 4 is 50.9 Å². The third-order valence-corrected chi connectivity index (χ3v) is 9.73. The lowest BCUT2D eigenvalue weighted by Crippen LogP contribution is -2.56. The monoisotopic (exact) mass is 632 g/mol. The highest BCUT2D eigenvalue weighted by Gasteiger charge is 2.43. The van der Waals surface area contributed by atoms with Crippen molar-refractivity contribution in [2.45, 2.75) is 50.2 Å². The zero-order valence-corrected chi connectivity index (χ0v) is 25.6. The maximum absolute atomic E-state index is 16.8. The Hall–Kier alpha value is -4.22. The van der Waals surface area contributed by atoms with Crippen molar-refractivity contribution in [3.05, 3.63) is 53.3 Å². The number of aromatic nitrogens is 2. The van der Waals surface area contributed by atoms with Crippen molar-refractivity contribution in [1.29, 1.82) is 0 Å². The molecule has 7 rings (SSSR count). The number of rotatable bonds is 7. The van der Waals surface area contributed by atoms with Crippen LogP contribution in [0.3, 0.4) is 0 Å². The van der Waals surface area contributed by atoms with Crippen LogP contribution in [-0.2, 0) is 9.59 Å². The fourth-order valence-electron chi connectivity index (χ4n) is 7.30. The summed E-state index contributed by atoms with van der Waals surface area (Å²) in [6.07, 6.45) is 3.28. The lowest BCUT2D eigenvalue weighted by Gasteiger charge is -2.41. The number of carbonyl (C=O) groups excluding carboxylic acids is 2. The molecular formula is C33H34ClFN6O4. The Balaban J connectivity index is 1.33. The van der Waals surface area contributed by atoms with E-state index < -0.39 is 11.7 Å². The van der Waals surface area contributed by atoms with E-state index in [1.165, 1.54) is 6.07 Å². The van der Waals surface area contributed by atoms with Crippen LogP contribution in [0.25, 0.3) is 32.8 Å². The molecule has 0 spiro atoms. The first-order valence-corrected chi connectivity index (χ1v) is 15.6. The van der Waals surface area contributed by atoms with Gasteiger partial charge in [-0.3, -0.25) is 9.59 Å². The molecule has 10 nitrogen and oxygen atoms in total. The SMILES string of the molecule is CN1CCC[C@H]1COc1nc(N2C[C@H]3CC[C@@H](C2)N3C(=O)CC(N)=O)c2cc(Cl)c(-c3cc(O)cc4ccccc34)c(F)c2n1. The van der Waals surface area contributed by atoms with Crippen molar-refractivity contribution < 1.29 is 23.8 Å². The van der Waals surface area contributed by atoms with Gasteiger partial charge in [-0.15, -0.1) is 0 Å². The smallest absolute Gasteiger partial charge is 0.319 e. The van der Waals surface area contributed by atoms with Crippen LogP contribution >= 0.6 is 11.6 Å². The molecule has 234 valence electrons. The number of fused-ring (bicyclic) bond motifs is 4. The van der Waals surface area contributed by atoms with Crippen molar-refractivity contribution in [2.24, 2.45) is 5.73 Å². The fourth-order valence-corrected chi connectivity index (χ4v) is 7.59. The number of carbonyl (C=O) groups is 2. The molecule has 4 heterocycles. The van der Waals surface area contributed by atoms with Gasteiger partial charge >= 0.3 is 6.01 Å². The first-order chi connectivity index (χ1) is 21.7. The van der Waals surface area contributed by atoms with Crippen LogP contribution < -0.4 is 15.4 Å². The number of piperazine rings is 1. The van der Waals surface area contributed by atoms with E-state index in [1.54, 1.807) is 17.0 Å². The van der Waals surface area contributed by atoms with Gasteiger partial charge in [-0.05, 0) is 73.8 Å². The summed E-state index contributed by atoms with van der Waals surface area (Å²) in [5, 5.41) is 12.6. The van der Waals surface area contributed by atoms with Gasteiger partial charge < -0.3 is 30.3 Å². The minimum atomic E-state index is -0.654. The van der Waals surface area contributed by atoms with Gasteiger partial charge in [0.1, 0.15) is 30.1 Å². The second-order valence-corrected chi connectivity index (χ2v) is 12.7. The van der Waals surface area contributed by atoms with Crippen LogP contribution in [0.1, 0.15) is 32.1 Å². The minimum Gasteiger partial charge on any atom is -0.508 e. The number of halogens is 2. The number of phenolic OH excluding ortho intramolecular Hbond substituents is 1. The van der Waals surface area contributed by atoms with Crippen LogP contribution in [-0.4, -0.2) is 88.1 Å². The highest BCUT2D eigenvalue weighted by atomic mass is 35.5. The molecule has 3 fully saturated rings. The molecule has 3 aliphatic heterocycles. The van der Waals surface area contributed by atoms with Crippen LogP contribution in [0.4, 0.5) is 10.2 Å². The molecule has 1 aromatic heterocycles. The summed E-state index contributed by atoms with van der Waals surface area (Å²) in [5.41, 5.74) is 5.95. The second kappa shape index (κ2) is 11.6. The highest BCUT2D eigenvalue weighted by Crippen LogP contribution is 2.43. The molecule has 12 heteroatoms. The predicted octanol–water partition coefficient (Wildman–Crippen LogP) is 4.48. The van der Waals surface area contributed by atoms with E-state index >= 15 is 4.39 Å². The standard InChI is InChI=1S/C33H34ClFN6O4/c1-39-10-4-6-21(39)17-45-33-37-31-25(32(38-33)40-15-19-8-9-20(16-40)41(19)28(44)14-27(36)43)13-26(34)29(30(31)35)24-12-22(42)11-18-5-2-3-7-23(18)24/h2-3,5,7,11-13,19-21,42H,4,6,8-10,14-17H2,1H3,(H2,36,43)/t19-,20+,21-/m0/s1. The summed E-state index contributed by atoms with van der Waals surface area (Å²) < 4.78 is 23.0. The Bertz CT molecular complexity index is 1820. The number of phenols is 1. The van der Waals surface area contributed by atoms with E-state index in [4.69, 9.17) is 27.1 Å². The van der Waals surface area contributed by atoms with Gasteiger partial charge in [0, 0.05) is 42.2 Å². The molecule has 3 atom stereocenters. The topological polar surface area (TPSA) is 125 Å². The number of nitrogens with two attached hydrogens (primary N) is 1. The van der Waals surface area contributed by atoms with Crippen LogP contribution in [0.15, 0.2) is 42.5 Å². The number of likely N-dealkylation sites (N-methyl/N-ethyl adjacent to an activating group) is 1. The largest absolute Gasteiger partial charge is 0.508 e. The number of aromatic hydroxyl groups is 1. The number of primary amides is 1. The Morgan fingerprint density at radius 1 is 1.09 bits per heavy atom. The molecule has 2 amide bonds. The molecule has 3 saturated heterocycles. The average Bonchev–Trinajstić information content (AvgIpc) is 3.53. The van der Waals surface area contributed by atoms with Gasteiger partial charge in [-0.2, -0.15) is 9.97 Å². The number of ether oxygens (including phenoxy) is 1. The Kier molecular flexibility index (Phi) is 7.61. The third-order valence-electron chi connectivity index (χ3n) is 9.43. The second-order valence-electron chi connectivity index (χ2n) is 12.3. The summed E-state index contributed by atoms with van der Waals surface area (Å²) in [4.78, 5) is 39.8. The van der Waals surface area contributed by atoms with Gasteiger partial charge in [0.25, 0.3) is 0 Å². The van der Waals surface area contributed by atoms with E-state index in [2.05, 4.69) is 16.9 Å². The quantitative estimate of drug-likeness (QED) is 0.286. The molecule has 2 bridgehead atoms. The Morgan fingerprint density at radius 2 is 1.84 bits per heavy atom. The van der Waals surface area contributed by atoms with Crippen LogP contribution in [0.2, 0.25) is 5.02 Å². The first-order valence-electron chi connectivity index (χ1n) is 15.3. The number of hydrogen-bond donors (Lipinski definition) is 2. The van der Waals surface area contributed by atoms with Crippen molar-refractivity contribution in [3.63, 3.8) is 0 Å². The number of nitrogens with zero attached hydrogens (tertiary/aromatic N) is 5. The molecule has 3 aromatic carbocycles. The normalized spacial score (nSPS) is 21.6.